The maximum absolute atomic E-state index is 13.7. The number of methoxy groups -OCH3 is 2. The summed E-state index contributed by atoms with van der Waals surface area (Å²) in [6.45, 7) is 0. The molecule has 0 atom stereocenters. The van der Waals surface area contributed by atoms with Crippen molar-refractivity contribution in [2.45, 2.75) is 0 Å². The normalized spacial score (nSPS) is 10.3. The minimum Gasteiger partial charge on any atom is -0.493 e. The largest absolute Gasteiger partial charge is 0.493 e. The Morgan fingerprint density at radius 1 is 0.964 bits per heavy atom. The van der Waals surface area contributed by atoms with Crippen molar-refractivity contribution in [3.05, 3.63) is 66.1 Å². The van der Waals surface area contributed by atoms with E-state index >= 15 is 0 Å². The van der Waals surface area contributed by atoms with E-state index in [4.69, 9.17) is 9.47 Å². The molecule has 3 rings (SSSR count). The lowest BCUT2D eigenvalue weighted by Gasteiger charge is -2.11. The van der Waals surface area contributed by atoms with Crippen LogP contribution < -0.4 is 20.1 Å². The Hall–Kier alpha value is -3.75. The molecule has 0 saturated heterocycles. The van der Waals surface area contributed by atoms with Crippen LogP contribution in [-0.2, 0) is 0 Å². The van der Waals surface area contributed by atoms with Gasteiger partial charge in [0.1, 0.15) is 28.8 Å². The van der Waals surface area contributed by atoms with Gasteiger partial charge in [0, 0.05) is 11.8 Å². The number of halogens is 2. The van der Waals surface area contributed by atoms with Gasteiger partial charge in [-0.25, -0.2) is 18.7 Å². The van der Waals surface area contributed by atoms with E-state index < -0.39 is 17.5 Å². The summed E-state index contributed by atoms with van der Waals surface area (Å²) in [6, 6.07) is 8.37. The zero-order valence-electron chi connectivity index (χ0n) is 15.0. The molecule has 7 nitrogen and oxygen atoms in total. The maximum atomic E-state index is 13.7. The van der Waals surface area contributed by atoms with Crippen LogP contribution >= 0.6 is 0 Å². The number of ether oxygens (including phenoxy) is 2. The number of nitrogens with zero attached hydrogens (tertiary/aromatic N) is 2. The topological polar surface area (TPSA) is 85.4 Å². The number of anilines is 3. The van der Waals surface area contributed by atoms with Crippen LogP contribution in [-0.4, -0.2) is 30.1 Å². The number of hydrogen-bond donors (Lipinski definition) is 2. The van der Waals surface area contributed by atoms with Gasteiger partial charge in [-0.15, -0.1) is 0 Å². The number of carbonyl (C=O) groups excluding carboxylic acids is 1. The van der Waals surface area contributed by atoms with Crippen LogP contribution in [0.2, 0.25) is 0 Å². The molecule has 2 N–H and O–H groups in total. The Bertz CT molecular complexity index is 977. The molecule has 0 aliphatic carbocycles. The minimum atomic E-state index is -0.767. The fourth-order valence-electron chi connectivity index (χ4n) is 2.36. The number of hydrogen-bond acceptors (Lipinski definition) is 6. The number of carbonyl (C=O) groups is 1. The SMILES string of the molecule is COc1ccc(NC(=O)c2cnc(Nc3c(F)cccc3F)cn2)cc1OC. The molecule has 144 valence electrons. The van der Waals surface area contributed by atoms with Gasteiger partial charge in [0.15, 0.2) is 11.5 Å². The summed E-state index contributed by atoms with van der Waals surface area (Å²) < 4.78 is 37.7. The number of amides is 1. The van der Waals surface area contributed by atoms with E-state index in [9.17, 15) is 13.6 Å². The van der Waals surface area contributed by atoms with Gasteiger partial charge in [-0.3, -0.25) is 4.79 Å². The van der Waals surface area contributed by atoms with E-state index in [2.05, 4.69) is 20.6 Å². The summed E-state index contributed by atoms with van der Waals surface area (Å²) in [5.74, 6) is -0.974. The lowest BCUT2D eigenvalue weighted by atomic mass is 10.2. The van der Waals surface area contributed by atoms with Gasteiger partial charge in [-0.1, -0.05) is 6.07 Å². The number of aromatic nitrogens is 2. The van der Waals surface area contributed by atoms with Crippen LogP contribution in [0.5, 0.6) is 11.5 Å². The Labute approximate surface area is 159 Å². The van der Waals surface area contributed by atoms with Gasteiger partial charge in [0.25, 0.3) is 5.91 Å². The van der Waals surface area contributed by atoms with Crippen LogP contribution in [0.3, 0.4) is 0 Å². The molecule has 9 heteroatoms. The Morgan fingerprint density at radius 3 is 2.29 bits per heavy atom. The van der Waals surface area contributed by atoms with Gasteiger partial charge in [-0.2, -0.15) is 0 Å². The molecule has 0 saturated carbocycles. The average molecular weight is 386 g/mol. The molecule has 0 aliphatic rings. The standard InChI is InChI=1S/C19H16F2N4O3/c1-27-15-7-6-11(8-16(15)28-2)24-19(26)14-9-23-17(10-22-14)25-18-12(20)4-3-5-13(18)21/h3-10H,1-2H3,(H,23,25)(H,24,26). The molecule has 0 fully saturated rings. The van der Waals surface area contributed by atoms with Gasteiger partial charge < -0.3 is 20.1 Å². The molecule has 0 unspecified atom stereocenters. The first-order valence-electron chi connectivity index (χ1n) is 8.08. The first-order valence-corrected chi connectivity index (χ1v) is 8.08. The van der Waals surface area contributed by atoms with Crippen LogP contribution in [0.4, 0.5) is 26.0 Å². The quantitative estimate of drug-likeness (QED) is 0.671. The third-order valence-electron chi connectivity index (χ3n) is 3.74. The van der Waals surface area contributed by atoms with Gasteiger partial charge in [0.05, 0.1) is 26.6 Å². The van der Waals surface area contributed by atoms with Crippen LogP contribution in [0.15, 0.2) is 48.8 Å². The number of benzene rings is 2. The average Bonchev–Trinajstić information content (AvgIpc) is 2.71. The molecule has 28 heavy (non-hydrogen) atoms. The van der Waals surface area contributed by atoms with Crippen LogP contribution in [0.1, 0.15) is 10.5 Å². The third kappa shape index (κ3) is 4.14. The van der Waals surface area contributed by atoms with E-state index in [0.29, 0.717) is 17.2 Å². The smallest absolute Gasteiger partial charge is 0.275 e. The summed E-state index contributed by atoms with van der Waals surface area (Å²) in [4.78, 5) is 20.3. The van der Waals surface area contributed by atoms with Gasteiger partial charge in [0.2, 0.25) is 0 Å². The highest BCUT2D eigenvalue weighted by molar-refractivity contribution is 6.02. The van der Waals surface area contributed by atoms with E-state index in [1.165, 1.54) is 32.7 Å². The van der Waals surface area contributed by atoms with Crippen LogP contribution in [0.25, 0.3) is 0 Å². The predicted molar refractivity (Wildman–Crippen MR) is 99.2 cm³/mol. The lowest BCUT2D eigenvalue weighted by molar-refractivity contribution is 0.102. The maximum Gasteiger partial charge on any atom is 0.275 e. The Morgan fingerprint density at radius 2 is 1.68 bits per heavy atom. The van der Waals surface area contributed by atoms with Crippen molar-refractivity contribution in [2.75, 3.05) is 24.9 Å². The van der Waals surface area contributed by atoms with E-state index in [0.717, 1.165) is 12.1 Å². The zero-order valence-corrected chi connectivity index (χ0v) is 15.0. The molecule has 0 radical (unpaired) electrons. The second-order valence-electron chi connectivity index (χ2n) is 5.53. The molecule has 1 amide bonds. The van der Waals surface area contributed by atoms with Gasteiger partial charge >= 0.3 is 0 Å². The molecule has 3 aromatic rings. The summed E-state index contributed by atoms with van der Waals surface area (Å²) in [7, 11) is 2.99. The monoisotopic (exact) mass is 386 g/mol. The summed E-state index contributed by atoms with van der Waals surface area (Å²) in [5, 5.41) is 5.15. The summed E-state index contributed by atoms with van der Waals surface area (Å²) in [6.07, 6.45) is 2.40. The second-order valence-corrected chi connectivity index (χ2v) is 5.53. The fourth-order valence-corrected chi connectivity index (χ4v) is 2.36. The molecular weight excluding hydrogens is 370 g/mol. The summed E-state index contributed by atoms with van der Waals surface area (Å²) in [5.41, 5.74) is 0.147. The van der Waals surface area contributed by atoms with E-state index in [1.807, 2.05) is 0 Å². The highest BCUT2D eigenvalue weighted by atomic mass is 19.1. The molecule has 1 aromatic heterocycles. The second kappa shape index (κ2) is 8.30. The molecule has 0 bridgehead atoms. The summed E-state index contributed by atoms with van der Waals surface area (Å²) >= 11 is 0. The van der Waals surface area contributed by atoms with Crippen molar-refractivity contribution in [1.29, 1.82) is 0 Å². The van der Waals surface area contributed by atoms with Crippen molar-refractivity contribution in [2.24, 2.45) is 0 Å². The van der Waals surface area contributed by atoms with E-state index in [-0.39, 0.29) is 17.2 Å². The molecule has 0 aliphatic heterocycles. The van der Waals surface area contributed by atoms with Gasteiger partial charge in [-0.05, 0) is 24.3 Å². The number of rotatable bonds is 6. The van der Waals surface area contributed by atoms with Crippen molar-refractivity contribution >= 4 is 23.1 Å². The molecule has 0 spiro atoms. The Balaban J connectivity index is 1.72. The number of para-hydroxylation sites is 1. The molecular formula is C19H16F2N4O3. The number of nitrogens with one attached hydrogen (secondary N) is 2. The van der Waals surface area contributed by atoms with E-state index in [1.54, 1.807) is 18.2 Å². The first-order chi connectivity index (χ1) is 13.5. The molecule has 1 heterocycles. The third-order valence-corrected chi connectivity index (χ3v) is 3.74. The minimum absolute atomic E-state index is 0.0225. The lowest BCUT2D eigenvalue weighted by Crippen LogP contribution is -2.14. The van der Waals surface area contributed by atoms with Crippen molar-refractivity contribution in [1.82, 2.24) is 9.97 Å². The Kier molecular flexibility index (Phi) is 5.64. The highest BCUT2D eigenvalue weighted by Gasteiger charge is 2.13. The van der Waals surface area contributed by atoms with Crippen LogP contribution in [0, 0.1) is 11.6 Å². The predicted octanol–water partition coefficient (Wildman–Crippen LogP) is 3.77. The van der Waals surface area contributed by atoms with Crippen molar-refractivity contribution in [3.8, 4) is 11.5 Å². The highest BCUT2D eigenvalue weighted by Crippen LogP contribution is 2.30. The fraction of sp³-hybridized carbons (Fsp3) is 0.105. The van der Waals surface area contributed by atoms with Crippen molar-refractivity contribution in [3.63, 3.8) is 0 Å². The first kappa shape index (κ1) is 19.0. The van der Waals surface area contributed by atoms with Crippen molar-refractivity contribution < 1.29 is 23.0 Å². The molecule has 2 aromatic carbocycles. The zero-order chi connectivity index (χ0) is 20.1.